The average Bonchev–Trinajstić information content (AvgIpc) is 2.30. The molecule has 0 aromatic heterocycles. The van der Waals surface area contributed by atoms with Crippen molar-refractivity contribution < 1.29 is 0 Å². The van der Waals surface area contributed by atoms with Gasteiger partial charge in [0.1, 0.15) is 0 Å². The maximum atomic E-state index is 3.46. The van der Waals surface area contributed by atoms with Crippen LogP contribution in [0.3, 0.4) is 0 Å². The standard InChI is InChI=1S/C13H14BrN/c14-9-4-10-15-13-8-3-6-11-5-1-2-7-12(11)13/h1-3,5-8,15H,4,9-10H2. The SMILES string of the molecule is BrCCCNc1cccc2ccccc12. The average molecular weight is 264 g/mol. The molecule has 0 aliphatic heterocycles. The largest absolute Gasteiger partial charge is 0.385 e. The summed E-state index contributed by atoms with van der Waals surface area (Å²) >= 11 is 3.43. The Bertz CT molecular complexity index is 434. The van der Waals surface area contributed by atoms with Crippen LogP contribution in [0.2, 0.25) is 0 Å². The molecule has 0 spiro atoms. The fourth-order valence-corrected chi connectivity index (χ4v) is 1.95. The maximum absolute atomic E-state index is 3.46. The Balaban J connectivity index is 2.26. The molecule has 15 heavy (non-hydrogen) atoms. The van der Waals surface area contributed by atoms with Gasteiger partial charge in [0.05, 0.1) is 0 Å². The summed E-state index contributed by atoms with van der Waals surface area (Å²) < 4.78 is 0. The predicted molar refractivity (Wildman–Crippen MR) is 70.8 cm³/mol. The number of alkyl halides is 1. The van der Waals surface area contributed by atoms with Gasteiger partial charge in [-0.2, -0.15) is 0 Å². The number of benzene rings is 2. The number of nitrogens with one attached hydrogen (secondary N) is 1. The summed E-state index contributed by atoms with van der Waals surface area (Å²) in [4.78, 5) is 0. The second kappa shape index (κ2) is 5.17. The van der Waals surface area contributed by atoms with Crippen molar-refractivity contribution in [3.8, 4) is 0 Å². The van der Waals surface area contributed by atoms with Crippen LogP contribution >= 0.6 is 15.9 Å². The van der Waals surface area contributed by atoms with Crippen LogP contribution in [0.25, 0.3) is 10.8 Å². The number of rotatable bonds is 4. The van der Waals surface area contributed by atoms with Crippen molar-refractivity contribution in [2.24, 2.45) is 0 Å². The number of hydrogen-bond donors (Lipinski definition) is 1. The Morgan fingerprint density at radius 3 is 2.67 bits per heavy atom. The van der Waals surface area contributed by atoms with E-state index in [0.29, 0.717) is 0 Å². The first-order valence-corrected chi connectivity index (χ1v) is 6.31. The smallest absolute Gasteiger partial charge is 0.0419 e. The fourth-order valence-electron chi connectivity index (χ4n) is 1.67. The van der Waals surface area contributed by atoms with Crippen LogP contribution < -0.4 is 5.32 Å². The van der Waals surface area contributed by atoms with E-state index in [2.05, 4.69) is 63.7 Å². The third-order valence-corrected chi connectivity index (χ3v) is 2.98. The summed E-state index contributed by atoms with van der Waals surface area (Å²) in [6.45, 7) is 1.01. The molecule has 0 saturated carbocycles. The second-order valence-electron chi connectivity index (χ2n) is 3.50. The van der Waals surface area contributed by atoms with Crippen LogP contribution in [-0.4, -0.2) is 11.9 Å². The summed E-state index contributed by atoms with van der Waals surface area (Å²) in [6.07, 6.45) is 1.14. The summed E-state index contributed by atoms with van der Waals surface area (Å²) in [5.41, 5.74) is 1.23. The Labute approximate surface area is 98.6 Å². The molecule has 1 N–H and O–H groups in total. The van der Waals surface area contributed by atoms with Gasteiger partial charge in [0, 0.05) is 22.9 Å². The molecule has 2 heteroatoms. The highest BCUT2D eigenvalue weighted by Crippen LogP contribution is 2.22. The van der Waals surface area contributed by atoms with E-state index < -0.39 is 0 Å². The molecule has 78 valence electrons. The van der Waals surface area contributed by atoms with Gasteiger partial charge in [-0.05, 0) is 17.9 Å². The Hall–Kier alpha value is -1.02. The van der Waals surface area contributed by atoms with E-state index in [9.17, 15) is 0 Å². The van der Waals surface area contributed by atoms with Gasteiger partial charge in [-0.15, -0.1) is 0 Å². The van der Waals surface area contributed by atoms with Crippen LogP contribution in [0.4, 0.5) is 5.69 Å². The molecular formula is C13H14BrN. The summed E-state index contributed by atoms with van der Waals surface area (Å²) in [6, 6.07) is 14.8. The van der Waals surface area contributed by atoms with Crippen LogP contribution in [0, 0.1) is 0 Å². The molecule has 0 aliphatic carbocycles. The molecule has 1 nitrogen and oxygen atoms in total. The minimum Gasteiger partial charge on any atom is -0.385 e. The number of halogens is 1. The van der Waals surface area contributed by atoms with Gasteiger partial charge in [-0.1, -0.05) is 52.3 Å². The predicted octanol–water partition coefficient (Wildman–Crippen LogP) is 4.04. The lowest BCUT2D eigenvalue weighted by Gasteiger charge is -2.08. The number of anilines is 1. The Kier molecular flexibility index (Phi) is 3.62. The zero-order chi connectivity index (χ0) is 10.5. The second-order valence-corrected chi connectivity index (χ2v) is 4.29. The molecule has 0 bridgehead atoms. The first kappa shape index (κ1) is 10.5. The van der Waals surface area contributed by atoms with Crippen molar-refractivity contribution in [2.45, 2.75) is 6.42 Å². The molecular weight excluding hydrogens is 250 g/mol. The molecule has 0 aliphatic rings. The van der Waals surface area contributed by atoms with Crippen molar-refractivity contribution >= 4 is 32.4 Å². The zero-order valence-electron chi connectivity index (χ0n) is 8.54. The number of hydrogen-bond acceptors (Lipinski definition) is 1. The third-order valence-electron chi connectivity index (χ3n) is 2.42. The lowest BCUT2D eigenvalue weighted by Crippen LogP contribution is -2.01. The van der Waals surface area contributed by atoms with E-state index in [1.165, 1.54) is 16.5 Å². The fraction of sp³-hybridized carbons (Fsp3) is 0.231. The molecule has 0 fully saturated rings. The number of fused-ring (bicyclic) bond motifs is 1. The van der Waals surface area contributed by atoms with Gasteiger partial charge >= 0.3 is 0 Å². The van der Waals surface area contributed by atoms with Crippen LogP contribution in [0.1, 0.15) is 6.42 Å². The first-order chi connectivity index (χ1) is 7.42. The topological polar surface area (TPSA) is 12.0 Å². The van der Waals surface area contributed by atoms with Crippen molar-refractivity contribution in [1.29, 1.82) is 0 Å². The highest BCUT2D eigenvalue weighted by molar-refractivity contribution is 9.09. The van der Waals surface area contributed by atoms with Gasteiger partial charge in [0.15, 0.2) is 0 Å². The van der Waals surface area contributed by atoms with E-state index in [4.69, 9.17) is 0 Å². The molecule has 0 unspecified atom stereocenters. The molecule has 2 aromatic rings. The van der Waals surface area contributed by atoms with E-state index in [1.807, 2.05) is 0 Å². The van der Waals surface area contributed by atoms with Crippen molar-refractivity contribution in [3.05, 3.63) is 42.5 Å². The summed E-state index contributed by atoms with van der Waals surface area (Å²) in [5.74, 6) is 0. The highest BCUT2D eigenvalue weighted by Gasteiger charge is 1.97. The molecule has 2 rings (SSSR count). The minimum atomic E-state index is 1.01. The van der Waals surface area contributed by atoms with Crippen molar-refractivity contribution in [3.63, 3.8) is 0 Å². The molecule has 2 aromatic carbocycles. The minimum absolute atomic E-state index is 1.01. The lowest BCUT2D eigenvalue weighted by molar-refractivity contribution is 1.00. The molecule has 0 radical (unpaired) electrons. The van der Waals surface area contributed by atoms with E-state index in [0.717, 1.165) is 18.3 Å². The highest BCUT2D eigenvalue weighted by atomic mass is 79.9. The van der Waals surface area contributed by atoms with Crippen molar-refractivity contribution in [2.75, 3.05) is 17.2 Å². The summed E-state index contributed by atoms with van der Waals surface area (Å²) in [7, 11) is 0. The Morgan fingerprint density at radius 2 is 1.80 bits per heavy atom. The van der Waals surface area contributed by atoms with Gasteiger partial charge in [-0.3, -0.25) is 0 Å². The van der Waals surface area contributed by atoms with Gasteiger partial charge in [-0.25, -0.2) is 0 Å². The summed E-state index contributed by atoms with van der Waals surface area (Å²) in [5, 5.41) is 7.10. The first-order valence-electron chi connectivity index (χ1n) is 5.19. The zero-order valence-corrected chi connectivity index (χ0v) is 10.1. The Morgan fingerprint density at radius 1 is 1.00 bits per heavy atom. The third kappa shape index (κ3) is 2.51. The van der Waals surface area contributed by atoms with Crippen LogP contribution in [0.5, 0.6) is 0 Å². The van der Waals surface area contributed by atoms with Gasteiger partial charge < -0.3 is 5.32 Å². The van der Waals surface area contributed by atoms with E-state index in [1.54, 1.807) is 0 Å². The molecule has 0 heterocycles. The molecule has 0 amide bonds. The monoisotopic (exact) mass is 263 g/mol. The van der Waals surface area contributed by atoms with Crippen LogP contribution in [-0.2, 0) is 0 Å². The van der Waals surface area contributed by atoms with Gasteiger partial charge in [0.25, 0.3) is 0 Å². The molecule has 0 saturated heterocycles. The quantitative estimate of drug-likeness (QED) is 0.649. The molecule has 0 atom stereocenters. The van der Waals surface area contributed by atoms with Crippen molar-refractivity contribution in [1.82, 2.24) is 0 Å². The maximum Gasteiger partial charge on any atom is 0.0419 e. The lowest BCUT2D eigenvalue weighted by atomic mass is 10.1. The van der Waals surface area contributed by atoms with Gasteiger partial charge in [0.2, 0.25) is 0 Å². The van der Waals surface area contributed by atoms with E-state index in [-0.39, 0.29) is 0 Å². The normalized spacial score (nSPS) is 10.5. The van der Waals surface area contributed by atoms with Crippen LogP contribution in [0.15, 0.2) is 42.5 Å². The van der Waals surface area contributed by atoms with E-state index >= 15 is 0 Å².